The Morgan fingerprint density at radius 2 is 2.08 bits per heavy atom. The Morgan fingerprint density at radius 1 is 1.31 bits per heavy atom. The lowest BCUT2D eigenvalue weighted by Gasteiger charge is -2.03. The number of hydrogen-bond donors (Lipinski definition) is 0. The van der Waals surface area contributed by atoms with Gasteiger partial charge in [-0.15, -0.1) is 4.68 Å². The second-order valence-electron chi connectivity index (χ2n) is 3.08. The van der Waals surface area contributed by atoms with Crippen molar-refractivity contribution in [1.29, 1.82) is 0 Å². The highest BCUT2D eigenvalue weighted by Gasteiger charge is 2.06. The molecule has 0 radical (unpaired) electrons. The number of hydrogen-bond acceptors (Lipinski definition) is 1. The molecule has 2 aromatic rings. The van der Waals surface area contributed by atoms with Crippen LogP contribution in [-0.2, 0) is 7.05 Å². The lowest BCUT2D eigenvalue weighted by Crippen LogP contribution is -2.36. The average molecular weight is 174 g/mol. The number of para-hydroxylation sites is 1. The van der Waals surface area contributed by atoms with E-state index in [1.807, 2.05) is 34.9 Å². The first kappa shape index (κ1) is 7.98. The largest absolute Gasteiger partial charge is 0.306 e. The van der Waals surface area contributed by atoms with Crippen LogP contribution < -0.4 is 4.68 Å². The molecule has 0 spiro atoms. The summed E-state index contributed by atoms with van der Waals surface area (Å²) in [6.07, 6.45) is 3.59. The zero-order valence-electron chi connectivity index (χ0n) is 7.81. The summed E-state index contributed by atoms with van der Waals surface area (Å²) in [4.78, 5) is 4.07. The minimum atomic E-state index is 1.17. The van der Waals surface area contributed by atoms with Gasteiger partial charge >= 0.3 is 6.33 Å². The van der Waals surface area contributed by atoms with E-state index in [4.69, 9.17) is 0 Å². The Balaban J connectivity index is 2.59. The standard InChI is InChI=1S/C10H12N3/c1-9-5-3-4-6-10(9)13-8-11-7-12(13)2/h3-8H,1-2H3/q+1. The zero-order valence-corrected chi connectivity index (χ0v) is 7.81. The Morgan fingerprint density at radius 3 is 2.69 bits per heavy atom. The molecule has 0 unspecified atom stereocenters. The normalized spacial score (nSPS) is 10.3. The lowest BCUT2D eigenvalue weighted by atomic mass is 10.2. The second-order valence-corrected chi connectivity index (χ2v) is 3.08. The maximum atomic E-state index is 4.07. The number of aromatic nitrogens is 3. The van der Waals surface area contributed by atoms with Gasteiger partial charge in [-0.1, -0.05) is 18.2 Å². The van der Waals surface area contributed by atoms with Gasteiger partial charge in [0.05, 0.1) is 5.69 Å². The molecule has 0 aliphatic carbocycles. The third-order valence-electron chi connectivity index (χ3n) is 2.11. The first-order valence-electron chi connectivity index (χ1n) is 4.23. The van der Waals surface area contributed by atoms with Crippen LogP contribution in [0.4, 0.5) is 0 Å². The van der Waals surface area contributed by atoms with Gasteiger partial charge in [0.25, 0.3) is 0 Å². The van der Waals surface area contributed by atoms with Crippen LogP contribution >= 0.6 is 0 Å². The summed E-state index contributed by atoms with van der Waals surface area (Å²) in [6.45, 7) is 2.09. The first-order chi connectivity index (χ1) is 6.29. The van der Waals surface area contributed by atoms with Crippen LogP contribution in [0.3, 0.4) is 0 Å². The fourth-order valence-corrected chi connectivity index (χ4v) is 1.38. The molecule has 1 heterocycles. The molecule has 2 rings (SSSR count). The molecule has 3 nitrogen and oxygen atoms in total. The molecule has 0 saturated heterocycles. The third-order valence-corrected chi connectivity index (χ3v) is 2.11. The SMILES string of the molecule is Cc1ccccc1-n1cnc[n+]1C. The van der Waals surface area contributed by atoms with Crippen LogP contribution in [0.25, 0.3) is 5.69 Å². The van der Waals surface area contributed by atoms with E-state index >= 15 is 0 Å². The van der Waals surface area contributed by atoms with Crippen LogP contribution in [0.5, 0.6) is 0 Å². The monoisotopic (exact) mass is 174 g/mol. The smallest absolute Gasteiger partial charge is 0.155 e. The van der Waals surface area contributed by atoms with Crippen molar-refractivity contribution in [2.24, 2.45) is 7.05 Å². The van der Waals surface area contributed by atoms with Gasteiger partial charge in [0.15, 0.2) is 0 Å². The van der Waals surface area contributed by atoms with E-state index in [9.17, 15) is 0 Å². The first-order valence-corrected chi connectivity index (χ1v) is 4.23. The summed E-state index contributed by atoms with van der Waals surface area (Å²) in [5, 5.41) is 0. The average Bonchev–Trinajstić information content (AvgIpc) is 2.52. The van der Waals surface area contributed by atoms with Gasteiger partial charge in [-0.3, -0.25) is 0 Å². The summed E-state index contributed by atoms with van der Waals surface area (Å²) in [5.74, 6) is 0. The Kier molecular flexibility index (Phi) is 1.85. The van der Waals surface area contributed by atoms with E-state index in [0.29, 0.717) is 0 Å². The van der Waals surface area contributed by atoms with Crippen LogP contribution in [0, 0.1) is 6.92 Å². The molecule has 0 amide bonds. The van der Waals surface area contributed by atoms with Gasteiger partial charge in [0.2, 0.25) is 6.33 Å². The van der Waals surface area contributed by atoms with E-state index < -0.39 is 0 Å². The molecule has 0 atom stereocenters. The van der Waals surface area contributed by atoms with Crippen molar-refractivity contribution in [1.82, 2.24) is 9.67 Å². The highest BCUT2D eigenvalue weighted by atomic mass is 15.4. The van der Waals surface area contributed by atoms with Crippen LogP contribution in [-0.4, -0.2) is 9.67 Å². The lowest BCUT2D eigenvalue weighted by molar-refractivity contribution is -0.745. The molecular weight excluding hydrogens is 162 g/mol. The van der Waals surface area contributed by atoms with Gasteiger partial charge in [-0.05, 0) is 23.5 Å². The number of nitrogens with zero attached hydrogens (tertiary/aromatic N) is 3. The molecule has 0 N–H and O–H groups in total. The van der Waals surface area contributed by atoms with E-state index in [1.54, 1.807) is 6.33 Å². The minimum absolute atomic E-state index is 1.17. The molecule has 0 saturated carbocycles. The van der Waals surface area contributed by atoms with Crippen molar-refractivity contribution >= 4 is 0 Å². The summed E-state index contributed by atoms with van der Waals surface area (Å²) in [7, 11) is 1.97. The summed E-state index contributed by atoms with van der Waals surface area (Å²) >= 11 is 0. The van der Waals surface area contributed by atoms with E-state index in [0.717, 1.165) is 0 Å². The predicted octanol–water partition coefficient (Wildman–Crippen LogP) is 1.01. The van der Waals surface area contributed by atoms with E-state index in [2.05, 4.69) is 24.0 Å². The van der Waals surface area contributed by atoms with Gasteiger partial charge in [0, 0.05) is 0 Å². The highest BCUT2D eigenvalue weighted by molar-refractivity contribution is 5.37. The number of rotatable bonds is 1. The minimum Gasteiger partial charge on any atom is -0.155 e. The predicted molar refractivity (Wildman–Crippen MR) is 49.5 cm³/mol. The summed E-state index contributed by atoms with van der Waals surface area (Å²) < 4.78 is 3.96. The van der Waals surface area contributed by atoms with Crippen molar-refractivity contribution in [3.05, 3.63) is 42.5 Å². The fraction of sp³-hybridized carbons (Fsp3) is 0.200. The maximum Gasteiger partial charge on any atom is 0.306 e. The molecule has 0 aliphatic rings. The molecule has 1 aromatic carbocycles. The van der Waals surface area contributed by atoms with Crippen molar-refractivity contribution in [3.63, 3.8) is 0 Å². The van der Waals surface area contributed by atoms with Crippen molar-refractivity contribution in [2.45, 2.75) is 6.92 Å². The molecule has 0 aliphatic heterocycles. The van der Waals surface area contributed by atoms with Crippen LogP contribution in [0.15, 0.2) is 36.9 Å². The van der Waals surface area contributed by atoms with Crippen molar-refractivity contribution < 1.29 is 4.68 Å². The van der Waals surface area contributed by atoms with Crippen LogP contribution in [0.2, 0.25) is 0 Å². The zero-order chi connectivity index (χ0) is 9.26. The molecule has 1 aromatic heterocycles. The Bertz CT molecular complexity index is 418. The van der Waals surface area contributed by atoms with Gasteiger partial charge in [0.1, 0.15) is 7.05 Å². The Hall–Kier alpha value is -1.64. The summed E-state index contributed by atoms with van der Waals surface area (Å²) in [6, 6.07) is 8.24. The third kappa shape index (κ3) is 1.33. The van der Waals surface area contributed by atoms with E-state index in [-0.39, 0.29) is 0 Å². The number of aryl methyl sites for hydroxylation is 2. The summed E-state index contributed by atoms with van der Waals surface area (Å²) in [5.41, 5.74) is 2.42. The number of benzene rings is 1. The van der Waals surface area contributed by atoms with Crippen LogP contribution in [0.1, 0.15) is 5.56 Å². The fourth-order valence-electron chi connectivity index (χ4n) is 1.38. The quantitative estimate of drug-likeness (QED) is 0.591. The molecular formula is C10H12N3+. The van der Waals surface area contributed by atoms with Gasteiger partial charge < -0.3 is 0 Å². The van der Waals surface area contributed by atoms with Gasteiger partial charge in [-0.2, -0.15) is 4.68 Å². The highest BCUT2D eigenvalue weighted by Crippen LogP contribution is 2.09. The molecule has 0 fully saturated rings. The van der Waals surface area contributed by atoms with E-state index in [1.165, 1.54) is 11.3 Å². The maximum absolute atomic E-state index is 4.07. The van der Waals surface area contributed by atoms with Gasteiger partial charge in [-0.25, -0.2) is 0 Å². The Labute approximate surface area is 77.3 Å². The molecule has 13 heavy (non-hydrogen) atoms. The molecule has 0 bridgehead atoms. The molecule has 66 valence electrons. The van der Waals surface area contributed by atoms with Crippen molar-refractivity contribution in [2.75, 3.05) is 0 Å². The molecule has 3 heteroatoms. The van der Waals surface area contributed by atoms with Crippen molar-refractivity contribution in [3.8, 4) is 5.69 Å². The second kappa shape index (κ2) is 3.01. The topological polar surface area (TPSA) is 21.7 Å².